The van der Waals surface area contributed by atoms with E-state index in [1.807, 2.05) is 71.0 Å². The number of likely N-dealkylation sites (N-methyl/N-ethyl adjacent to an activating group) is 1. The Labute approximate surface area is 270 Å². The largest absolute Gasteiger partial charge is 0.456 e. The molecule has 2 saturated heterocycles. The van der Waals surface area contributed by atoms with Crippen molar-refractivity contribution in [2.24, 2.45) is 11.8 Å². The molecule has 0 unspecified atom stereocenters. The van der Waals surface area contributed by atoms with E-state index in [0.717, 1.165) is 37.8 Å². The summed E-state index contributed by atoms with van der Waals surface area (Å²) >= 11 is 0. The van der Waals surface area contributed by atoms with E-state index in [-0.39, 0.29) is 47.7 Å². The van der Waals surface area contributed by atoms with Crippen LogP contribution in [0.3, 0.4) is 0 Å². The van der Waals surface area contributed by atoms with Crippen LogP contribution in [0.4, 0.5) is 0 Å². The van der Waals surface area contributed by atoms with Crippen molar-refractivity contribution in [3.63, 3.8) is 0 Å². The molecule has 0 spiro atoms. The summed E-state index contributed by atoms with van der Waals surface area (Å²) < 4.78 is 5.77. The number of ether oxygens (including phenoxy) is 1. The lowest BCUT2D eigenvalue weighted by molar-refractivity contribution is -0.156. The highest BCUT2D eigenvalue weighted by Gasteiger charge is 2.38. The predicted molar refractivity (Wildman–Crippen MR) is 177 cm³/mol. The van der Waals surface area contributed by atoms with Gasteiger partial charge in [0, 0.05) is 25.2 Å². The van der Waals surface area contributed by atoms with Gasteiger partial charge in [-0.25, -0.2) is 4.79 Å². The summed E-state index contributed by atoms with van der Waals surface area (Å²) in [5, 5.41) is 3.09. The number of amides is 3. The van der Waals surface area contributed by atoms with Gasteiger partial charge in [0.25, 0.3) is 0 Å². The molecule has 5 atom stereocenters. The first-order valence-electron chi connectivity index (χ1n) is 16.8. The molecule has 250 valence electrons. The Balaban J connectivity index is 1.73. The van der Waals surface area contributed by atoms with Gasteiger partial charge in [-0.15, -0.1) is 0 Å². The average molecular weight is 625 g/mol. The highest BCUT2D eigenvalue weighted by Crippen LogP contribution is 2.26. The molecule has 0 aliphatic carbocycles. The Hall–Kier alpha value is -3.20. The van der Waals surface area contributed by atoms with Gasteiger partial charge >= 0.3 is 5.97 Å². The second kappa shape index (κ2) is 16.4. The summed E-state index contributed by atoms with van der Waals surface area (Å²) in [6.07, 6.45) is 5.54. The van der Waals surface area contributed by atoms with E-state index in [1.54, 1.807) is 23.8 Å². The number of nitrogens with one attached hydrogen (secondary N) is 1. The van der Waals surface area contributed by atoms with E-state index in [4.69, 9.17) is 4.74 Å². The molecule has 2 aliphatic rings. The van der Waals surface area contributed by atoms with E-state index in [2.05, 4.69) is 24.1 Å². The number of benzene rings is 1. The molecule has 1 aromatic carbocycles. The van der Waals surface area contributed by atoms with Gasteiger partial charge in [-0.1, -0.05) is 70.5 Å². The smallest absolute Gasteiger partial charge is 0.329 e. The predicted octanol–water partition coefficient (Wildman–Crippen LogP) is 5.11. The first-order chi connectivity index (χ1) is 21.2. The number of piperidine rings is 1. The number of hydrogen-bond donors (Lipinski definition) is 1. The van der Waals surface area contributed by atoms with Crippen molar-refractivity contribution in [1.29, 1.82) is 0 Å². The fourth-order valence-electron chi connectivity index (χ4n) is 6.59. The molecule has 45 heavy (non-hydrogen) atoms. The minimum absolute atomic E-state index is 0.00560. The fraction of sp³-hybridized carbons (Fsp3) is 0.667. The zero-order valence-electron chi connectivity index (χ0n) is 28.9. The molecule has 0 aromatic heterocycles. The summed E-state index contributed by atoms with van der Waals surface area (Å²) in [5.41, 5.74) is 1.38. The second-order valence-corrected chi connectivity index (χ2v) is 13.8. The lowest BCUT2D eigenvalue weighted by atomic mass is 9.95. The highest BCUT2D eigenvalue weighted by molar-refractivity contribution is 5.96. The van der Waals surface area contributed by atoms with Gasteiger partial charge < -0.3 is 19.9 Å². The Bertz CT molecular complexity index is 1200. The quantitative estimate of drug-likeness (QED) is 0.256. The van der Waals surface area contributed by atoms with E-state index in [1.165, 1.54) is 0 Å². The van der Waals surface area contributed by atoms with Crippen LogP contribution in [-0.4, -0.2) is 88.7 Å². The maximum atomic E-state index is 13.9. The van der Waals surface area contributed by atoms with Crippen molar-refractivity contribution >= 4 is 23.7 Å². The molecule has 3 rings (SSSR count). The standard InChI is InChI=1S/C36H56N4O5/c1-23(2)31(38(9)35(43)32(24(3)4)37-33(41)29-18-13-14-20-39(29)25(5)6)22-26(7)34(42)40-21-15-19-30(40)36(44)45-27(8)28-16-11-10-12-17-28/h10-12,16-17,22-25,27,29-32H,13-15,18-21H2,1-9H3,(H,37,41)/b26-22+/t27-,29+,30-,31+,32-/m0/s1. The Morgan fingerprint density at radius 3 is 2.13 bits per heavy atom. The van der Waals surface area contributed by atoms with Crippen LogP contribution in [0.15, 0.2) is 42.0 Å². The molecular weight excluding hydrogens is 568 g/mol. The third kappa shape index (κ3) is 9.18. The number of likely N-dealkylation sites (tertiary alicyclic amines) is 2. The lowest BCUT2D eigenvalue weighted by Crippen LogP contribution is -2.58. The van der Waals surface area contributed by atoms with Gasteiger partial charge in [-0.2, -0.15) is 0 Å². The first-order valence-corrected chi connectivity index (χ1v) is 16.8. The van der Waals surface area contributed by atoms with E-state index < -0.39 is 24.2 Å². The monoisotopic (exact) mass is 624 g/mol. The van der Waals surface area contributed by atoms with Gasteiger partial charge in [0.2, 0.25) is 17.7 Å². The van der Waals surface area contributed by atoms with Crippen LogP contribution in [0.5, 0.6) is 0 Å². The van der Waals surface area contributed by atoms with Crippen LogP contribution in [-0.2, 0) is 23.9 Å². The minimum Gasteiger partial charge on any atom is -0.456 e. The summed E-state index contributed by atoms with van der Waals surface area (Å²) in [6.45, 7) is 17.0. The van der Waals surface area contributed by atoms with Crippen molar-refractivity contribution in [2.75, 3.05) is 20.1 Å². The maximum absolute atomic E-state index is 13.9. The zero-order chi connectivity index (χ0) is 33.4. The third-order valence-electron chi connectivity index (χ3n) is 9.32. The third-order valence-corrected chi connectivity index (χ3v) is 9.32. The molecular formula is C36H56N4O5. The molecule has 2 aliphatic heterocycles. The fourth-order valence-corrected chi connectivity index (χ4v) is 6.59. The van der Waals surface area contributed by atoms with Crippen molar-refractivity contribution in [2.45, 2.75) is 124 Å². The van der Waals surface area contributed by atoms with Crippen LogP contribution in [0.2, 0.25) is 0 Å². The summed E-state index contributed by atoms with van der Waals surface area (Å²) in [4.78, 5) is 59.8. The molecule has 9 heteroatoms. The summed E-state index contributed by atoms with van der Waals surface area (Å²) in [5.74, 6) is -1.02. The van der Waals surface area contributed by atoms with E-state index in [0.29, 0.717) is 18.5 Å². The van der Waals surface area contributed by atoms with Crippen LogP contribution in [0.25, 0.3) is 0 Å². The number of hydrogen-bond acceptors (Lipinski definition) is 6. The Kier molecular flexibility index (Phi) is 13.2. The van der Waals surface area contributed by atoms with Crippen molar-refractivity contribution in [3.05, 3.63) is 47.5 Å². The number of carbonyl (C=O) groups excluding carboxylic acids is 4. The SMILES string of the molecule is C/C(=C\[C@H](C(C)C)N(C)C(=O)[C@@H](NC(=O)[C@H]1CCCCN1C(C)C)C(C)C)C(=O)N1CCC[C@H]1C(=O)O[C@@H](C)c1ccccc1. The van der Waals surface area contributed by atoms with Crippen LogP contribution in [0.1, 0.15) is 99.2 Å². The number of esters is 1. The topological polar surface area (TPSA) is 99.3 Å². The lowest BCUT2D eigenvalue weighted by Gasteiger charge is -2.39. The molecule has 0 radical (unpaired) electrons. The molecule has 0 bridgehead atoms. The van der Waals surface area contributed by atoms with E-state index >= 15 is 0 Å². The van der Waals surface area contributed by atoms with Crippen LogP contribution >= 0.6 is 0 Å². The van der Waals surface area contributed by atoms with Crippen LogP contribution < -0.4 is 5.32 Å². The van der Waals surface area contributed by atoms with Gasteiger partial charge in [0.15, 0.2) is 0 Å². The van der Waals surface area contributed by atoms with Gasteiger partial charge in [-0.05, 0) is 77.3 Å². The molecule has 1 N–H and O–H groups in total. The van der Waals surface area contributed by atoms with Crippen molar-refractivity contribution < 1.29 is 23.9 Å². The van der Waals surface area contributed by atoms with Gasteiger partial charge in [0.05, 0.1) is 12.1 Å². The zero-order valence-corrected chi connectivity index (χ0v) is 28.9. The van der Waals surface area contributed by atoms with Crippen molar-refractivity contribution in [1.82, 2.24) is 20.0 Å². The Morgan fingerprint density at radius 2 is 1.53 bits per heavy atom. The highest BCUT2D eigenvalue weighted by atomic mass is 16.5. The first kappa shape index (κ1) is 36.3. The van der Waals surface area contributed by atoms with Crippen LogP contribution in [0, 0.1) is 11.8 Å². The average Bonchev–Trinajstić information content (AvgIpc) is 3.51. The maximum Gasteiger partial charge on any atom is 0.329 e. The second-order valence-electron chi connectivity index (χ2n) is 13.8. The summed E-state index contributed by atoms with van der Waals surface area (Å²) in [6, 6.07) is 7.84. The minimum atomic E-state index is -0.687. The van der Waals surface area contributed by atoms with Gasteiger partial charge in [0.1, 0.15) is 18.2 Å². The number of rotatable bonds is 12. The molecule has 9 nitrogen and oxygen atoms in total. The molecule has 2 heterocycles. The number of carbonyl (C=O) groups is 4. The molecule has 2 fully saturated rings. The molecule has 3 amide bonds. The van der Waals surface area contributed by atoms with E-state index in [9.17, 15) is 19.2 Å². The molecule has 1 aromatic rings. The Morgan fingerprint density at radius 1 is 0.889 bits per heavy atom. The molecule has 0 saturated carbocycles. The summed E-state index contributed by atoms with van der Waals surface area (Å²) in [7, 11) is 1.74. The number of nitrogens with zero attached hydrogens (tertiary/aromatic N) is 3. The normalized spacial score (nSPS) is 21.5. The van der Waals surface area contributed by atoms with Gasteiger partial charge in [-0.3, -0.25) is 19.3 Å². The van der Waals surface area contributed by atoms with Crippen molar-refractivity contribution in [3.8, 4) is 0 Å².